The number of aromatic amines is 1. The highest BCUT2D eigenvalue weighted by Gasteiger charge is 2.05. The zero-order valence-electron chi connectivity index (χ0n) is 10.1. The number of aromatic nitrogens is 2. The van der Waals surface area contributed by atoms with Crippen molar-refractivity contribution in [2.45, 2.75) is 24.4 Å². The standard InChI is InChI=1S/C13H17N3S/c1-10(16-9-13-14-7-8-15-13)11-3-5-12(17-2)6-4-11/h3-8,10,16H,9H2,1-2H3,(H,14,15). The fourth-order valence-electron chi connectivity index (χ4n) is 1.65. The Morgan fingerprint density at radius 1 is 1.35 bits per heavy atom. The Balaban J connectivity index is 1.92. The Labute approximate surface area is 106 Å². The molecule has 0 radical (unpaired) electrons. The number of nitrogens with one attached hydrogen (secondary N) is 2. The molecule has 90 valence electrons. The first-order chi connectivity index (χ1) is 8.29. The van der Waals surface area contributed by atoms with E-state index in [1.165, 1.54) is 10.5 Å². The lowest BCUT2D eigenvalue weighted by Gasteiger charge is -2.13. The molecule has 0 fully saturated rings. The first-order valence-corrected chi connectivity index (χ1v) is 6.87. The zero-order valence-corrected chi connectivity index (χ0v) is 10.9. The molecule has 0 aliphatic carbocycles. The van der Waals surface area contributed by atoms with Gasteiger partial charge in [0.25, 0.3) is 0 Å². The van der Waals surface area contributed by atoms with Crippen LogP contribution >= 0.6 is 11.8 Å². The van der Waals surface area contributed by atoms with Crippen molar-refractivity contribution in [3.05, 3.63) is 48.0 Å². The quantitative estimate of drug-likeness (QED) is 0.798. The molecule has 3 nitrogen and oxygen atoms in total. The molecule has 1 aromatic heterocycles. The minimum absolute atomic E-state index is 0.330. The van der Waals surface area contributed by atoms with Crippen molar-refractivity contribution in [2.24, 2.45) is 0 Å². The van der Waals surface area contributed by atoms with Gasteiger partial charge in [-0.3, -0.25) is 0 Å². The van der Waals surface area contributed by atoms with Crippen LogP contribution in [-0.2, 0) is 6.54 Å². The van der Waals surface area contributed by atoms with Crippen molar-refractivity contribution in [1.82, 2.24) is 15.3 Å². The molecule has 0 aliphatic heterocycles. The van der Waals surface area contributed by atoms with Crippen LogP contribution in [0.2, 0.25) is 0 Å². The van der Waals surface area contributed by atoms with Crippen LogP contribution in [0.15, 0.2) is 41.6 Å². The van der Waals surface area contributed by atoms with E-state index < -0.39 is 0 Å². The Morgan fingerprint density at radius 3 is 2.71 bits per heavy atom. The number of thioether (sulfide) groups is 1. The minimum atomic E-state index is 0.330. The molecule has 0 spiro atoms. The third-order valence-electron chi connectivity index (χ3n) is 2.75. The highest BCUT2D eigenvalue weighted by Crippen LogP contribution is 2.18. The number of hydrogen-bond acceptors (Lipinski definition) is 3. The van der Waals surface area contributed by atoms with E-state index in [2.05, 4.69) is 52.7 Å². The Hall–Kier alpha value is -1.26. The van der Waals surface area contributed by atoms with E-state index in [1.807, 2.05) is 6.20 Å². The second kappa shape index (κ2) is 5.89. The predicted molar refractivity (Wildman–Crippen MR) is 72.1 cm³/mol. The van der Waals surface area contributed by atoms with Crippen LogP contribution < -0.4 is 5.32 Å². The Morgan fingerprint density at radius 2 is 2.12 bits per heavy atom. The van der Waals surface area contributed by atoms with Crippen molar-refractivity contribution in [3.8, 4) is 0 Å². The molecule has 1 aromatic carbocycles. The van der Waals surface area contributed by atoms with Gasteiger partial charge in [0, 0.05) is 23.3 Å². The van der Waals surface area contributed by atoms with Crippen molar-refractivity contribution in [3.63, 3.8) is 0 Å². The number of H-pyrrole nitrogens is 1. The number of rotatable bonds is 5. The molecule has 2 rings (SSSR count). The lowest BCUT2D eigenvalue weighted by molar-refractivity contribution is 0.561. The first-order valence-electron chi connectivity index (χ1n) is 5.65. The zero-order chi connectivity index (χ0) is 12.1. The summed E-state index contributed by atoms with van der Waals surface area (Å²) in [4.78, 5) is 8.57. The summed E-state index contributed by atoms with van der Waals surface area (Å²) in [5.74, 6) is 0.970. The molecule has 0 amide bonds. The molecule has 1 heterocycles. The fraction of sp³-hybridized carbons (Fsp3) is 0.308. The summed E-state index contributed by atoms with van der Waals surface area (Å²) < 4.78 is 0. The maximum atomic E-state index is 4.19. The summed E-state index contributed by atoms with van der Waals surface area (Å²) in [6, 6.07) is 8.99. The van der Waals surface area contributed by atoms with E-state index in [0.717, 1.165) is 12.4 Å². The van der Waals surface area contributed by atoms with Gasteiger partial charge in [-0.1, -0.05) is 12.1 Å². The predicted octanol–water partition coefficient (Wildman–Crippen LogP) is 2.98. The summed E-state index contributed by atoms with van der Waals surface area (Å²) in [6.07, 6.45) is 5.71. The SMILES string of the molecule is CSc1ccc(C(C)NCc2ncc[nH]2)cc1. The van der Waals surface area contributed by atoms with Crippen LogP contribution in [0, 0.1) is 0 Å². The van der Waals surface area contributed by atoms with Gasteiger partial charge in [0.05, 0.1) is 6.54 Å². The number of benzene rings is 1. The highest BCUT2D eigenvalue weighted by atomic mass is 32.2. The van der Waals surface area contributed by atoms with Crippen LogP contribution in [0.3, 0.4) is 0 Å². The van der Waals surface area contributed by atoms with E-state index in [4.69, 9.17) is 0 Å². The van der Waals surface area contributed by atoms with E-state index >= 15 is 0 Å². The first kappa shape index (κ1) is 12.2. The molecule has 0 saturated heterocycles. The summed E-state index contributed by atoms with van der Waals surface area (Å²) >= 11 is 1.77. The third-order valence-corrected chi connectivity index (χ3v) is 3.49. The summed E-state index contributed by atoms with van der Waals surface area (Å²) in [5, 5.41) is 3.44. The van der Waals surface area contributed by atoms with Crippen LogP contribution in [0.5, 0.6) is 0 Å². The molecule has 0 aliphatic rings. The highest BCUT2D eigenvalue weighted by molar-refractivity contribution is 7.98. The van der Waals surface area contributed by atoms with Crippen molar-refractivity contribution in [1.29, 1.82) is 0 Å². The maximum Gasteiger partial charge on any atom is 0.120 e. The molecule has 0 saturated carbocycles. The smallest absolute Gasteiger partial charge is 0.120 e. The summed E-state index contributed by atoms with van der Waals surface area (Å²) in [6.45, 7) is 2.93. The molecular weight excluding hydrogens is 230 g/mol. The molecule has 2 N–H and O–H groups in total. The molecule has 4 heteroatoms. The lowest BCUT2D eigenvalue weighted by Crippen LogP contribution is -2.18. The topological polar surface area (TPSA) is 40.7 Å². The number of nitrogens with zero attached hydrogens (tertiary/aromatic N) is 1. The van der Waals surface area contributed by atoms with Crippen LogP contribution in [0.4, 0.5) is 0 Å². The van der Waals surface area contributed by atoms with Crippen molar-refractivity contribution < 1.29 is 0 Å². The average molecular weight is 247 g/mol. The number of hydrogen-bond donors (Lipinski definition) is 2. The van der Waals surface area contributed by atoms with Gasteiger partial charge in [-0.05, 0) is 30.9 Å². The summed E-state index contributed by atoms with van der Waals surface area (Å²) in [5.41, 5.74) is 1.30. The lowest BCUT2D eigenvalue weighted by atomic mass is 10.1. The van der Waals surface area contributed by atoms with Gasteiger partial charge in [-0.2, -0.15) is 0 Å². The van der Waals surface area contributed by atoms with Crippen LogP contribution in [0.25, 0.3) is 0 Å². The largest absolute Gasteiger partial charge is 0.348 e. The van der Waals surface area contributed by atoms with Gasteiger partial charge >= 0.3 is 0 Å². The van der Waals surface area contributed by atoms with E-state index in [-0.39, 0.29) is 0 Å². The normalized spacial score (nSPS) is 12.6. The van der Waals surface area contributed by atoms with Crippen LogP contribution in [0.1, 0.15) is 24.4 Å². The van der Waals surface area contributed by atoms with Gasteiger partial charge in [-0.15, -0.1) is 11.8 Å². The fourth-order valence-corrected chi connectivity index (χ4v) is 2.06. The van der Waals surface area contributed by atoms with Crippen molar-refractivity contribution >= 4 is 11.8 Å². The van der Waals surface area contributed by atoms with Crippen LogP contribution in [-0.4, -0.2) is 16.2 Å². The Bertz CT molecular complexity index is 436. The molecule has 2 aromatic rings. The second-order valence-corrected chi connectivity index (χ2v) is 4.79. The van der Waals surface area contributed by atoms with Gasteiger partial charge in [0.1, 0.15) is 5.82 Å². The monoisotopic (exact) mass is 247 g/mol. The van der Waals surface area contributed by atoms with Gasteiger partial charge in [0.15, 0.2) is 0 Å². The second-order valence-electron chi connectivity index (χ2n) is 3.91. The van der Waals surface area contributed by atoms with E-state index in [9.17, 15) is 0 Å². The van der Waals surface area contributed by atoms with Crippen molar-refractivity contribution in [2.75, 3.05) is 6.26 Å². The third kappa shape index (κ3) is 3.35. The molecule has 17 heavy (non-hydrogen) atoms. The minimum Gasteiger partial charge on any atom is -0.348 e. The summed E-state index contributed by atoms with van der Waals surface area (Å²) in [7, 11) is 0. The molecule has 1 unspecified atom stereocenters. The average Bonchev–Trinajstić information content (AvgIpc) is 2.89. The number of imidazole rings is 1. The van der Waals surface area contributed by atoms with E-state index in [1.54, 1.807) is 18.0 Å². The van der Waals surface area contributed by atoms with E-state index in [0.29, 0.717) is 6.04 Å². The van der Waals surface area contributed by atoms with Gasteiger partial charge < -0.3 is 10.3 Å². The Kier molecular flexibility index (Phi) is 4.23. The molecule has 1 atom stereocenters. The van der Waals surface area contributed by atoms with Gasteiger partial charge in [0.2, 0.25) is 0 Å². The molecule has 0 bridgehead atoms. The molecular formula is C13H17N3S. The maximum absolute atomic E-state index is 4.19. The van der Waals surface area contributed by atoms with Gasteiger partial charge in [-0.25, -0.2) is 4.98 Å².